The molecule has 2 aromatic rings. The Balaban J connectivity index is 1.55. The first-order valence-electron chi connectivity index (χ1n) is 7.90. The van der Waals surface area contributed by atoms with E-state index in [0.717, 1.165) is 11.4 Å². The van der Waals surface area contributed by atoms with Crippen LogP contribution in [0.25, 0.3) is 0 Å². The van der Waals surface area contributed by atoms with Gasteiger partial charge in [-0.3, -0.25) is 14.6 Å². The molecule has 0 spiro atoms. The lowest BCUT2D eigenvalue weighted by atomic mass is 10.1. The number of carbonyl (C=O) groups is 2. The average molecular weight is 344 g/mol. The van der Waals surface area contributed by atoms with Crippen LogP contribution in [0.2, 0.25) is 5.02 Å². The van der Waals surface area contributed by atoms with Gasteiger partial charge in [-0.15, -0.1) is 0 Å². The highest BCUT2D eigenvalue weighted by atomic mass is 35.5. The fourth-order valence-electron chi connectivity index (χ4n) is 2.81. The molecule has 2 amide bonds. The fraction of sp³-hybridized carbons (Fsp3) is 0.278. The summed E-state index contributed by atoms with van der Waals surface area (Å²) in [6.45, 7) is 0.994. The summed E-state index contributed by atoms with van der Waals surface area (Å²) in [5.41, 5.74) is 1.65. The van der Waals surface area contributed by atoms with Gasteiger partial charge in [0, 0.05) is 42.1 Å². The van der Waals surface area contributed by atoms with Crippen molar-refractivity contribution in [3.05, 3.63) is 59.4 Å². The Kier molecular flexibility index (Phi) is 5.11. The summed E-state index contributed by atoms with van der Waals surface area (Å²) in [5, 5.41) is 3.41. The van der Waals surface area contributed by atoms with Crippen molar-refractivity contribution >= 4 is 29.1 Å². The van der Waals surface area contributed by atoms with Crippen LogP contribution < -0.4 is 10.2 Å². The number of rotatable bonds is 5. The number of halogens is 1. The monoisotopic (exact) mass is 343 g/mol. The third kappa shape index (κ3) is 3.74. The number of aromatic nitrogens is 1. The van der Waals surface area contributed by atoms with Crippen molar-refractivity contribution in [1.82, 2.24) is 10.3 Å². The van der Waals surface area contributed by atoms with Crippen LogP contribution in [0.1, 0.15) is 12.1 Å². The van der Waals surface area contributed by atoms with Crippen LogP contribution in [0.15, 0.2) is 48.7 Å². The van der Waals surface area contributed by atoms with Crippen LogP contribution >= 0.6 is 11.6 Å². The quantitative estimate of drug-likeness (QED) is 0.848. The molecule has 0 saturated carbocycles. The molecule has 2 heterocycles. The lowest BCUT2D eigenvalue weighted by molar-refractivity contribution is -0.132. The Morgan fingerprint density at radius 3 is 2.92 bits per heavy atom. The Morgan fingerprint density at radius 2 is 2.17 bits per heavy atom. The molecule has 1 aliphatic rings. The molecule has 1 saturated heterocycles. The molecule has 1 unspecified atom stereocenters. The number of nitrogens with zero attached hydrogens (tertiary/aromatic N) is 2. The van der Waals surface area contributed by atoms with E-state index in [0.29, 0.717) is 31.0 Å². The smallest absolute Gasteiger partial charge is 0.239 e. The summed E-state index contributed by atoms with van der Waals surface area (Å²) >= 11 is 5.97. The molecule has 6 heteroatoms. The first kappa shape index (κ1) is 16.5. The molecule has 3 rings (SSSR count). The number of anilines is 1. The summed E-state index contributed by atoms with van der Waals surface area (Å²) in [6, 6.07) is 12.8. The van der Waals surface area contributed by atoms with E-state index in [2.05, 4.69) is 10.3 Å². The Labute approximate surface area is 145 Å². The molecule has 0 aliphatic carbocycles. The molecular weight excluding hydrogens is 326 g/mol. The van der Waals surface area contributed by atoms with Gasteiger partial charge in [0.05, 0.1) is 0 Å². The van der Waals surface area contributed by atoms with Gasteiger partial charge in [0.1, 0.15) is 5.92 Å². The summed E-state index contributed by atoms with van der Waals surface area (Å²) < 4.78 is 0. The molecule has 1 fully saturated rings. The van der Waals surface area contributed by atoms with E-state index in [4.69, 9.17) is 11.6 Å². The maximum atomic E-state index is 12.5. The summed E-state index contributed by atoms with van der Waals surface area (Å²) in [4.78, 5) is 30.6. The second-order valence-electron chi connectivity index (χ2n) is 5.67. The van der Waals surface area contributed by atoms with Crippen LogP contribution in [-0.2, 0) is 16.0 Å². The zero-order valence-electron chi connectivity index (χ0n) is 13.1. The molecule has 1 aromatic carbocycles. The normalized spacial score (nSPS) is 17.1. The van der Waals surface area contributed by atoms with Crippen LogP contribution in [0, 0.1) is 5.92 Å². The topological polar surface area (TPSA) is 62.3 Å². The van der Waals surface area contributed by atoms with Gasteiger partial charge in [0.15, 0.2) is 0 Å². The van der Waals surface area contributed by atoms with Crippen molar-refractivity contribution in [3.63, 3.8) is 0 Å². The molecule has 24 heavy (non-hydrogen) atoms. The SMILES string of the molecule is O=C(NCCc1ccccn1)C1CCN(c2cccc(Cl)c2)C1=O. The molecule has 1 aromatic heterocycles. The van der Waals surface area contributed by atoms with E-state index >= 15 is 0 Å². The van der Waals surface area contributed by atoms with Gasteiger partial charge >= 0.3 is 0 Å². The number of pyridine rings is 1. The zero-order valence-corrected chi connectivity index (χ0v) is 13.9. The van der Waals surface area contributed by atoms with Gasteiger partial charge in [-0.2, -0.15) is 0 Å². The number of carbonyl (C=O) groups excluding carboxylic acids is 2. The first-order chi connectivity index (χ1) is 11.6. The number of hydrogen-bond donors (Lipinski definition) is 1. The lowest BCUT2D eigenvalue weighted by Gasteiger charge is -2.17. The number of benzene rings is 1. The molecule has 1 atom stereocenters. The predicted molar refractivity (Wildman–Crippen MR) is 92.9 cm³/mol. The molecule has 0 bridgehead atoms. The highest BCUT2D eigenvalue weighted by Crippen LogP contribution is 2.27. The number of nitrogens with one attached hydrogen (secondary N) is 1. The van der Waals surface area contributed by atoms with Crippen molar-refractivity contribution in [2.75, 3.05) is 18.0 Å². The minimum absolute atomic E-state index is 0.174. The molecule has 1 N–H and O–H groups in total. The van der Waals surface area contributed by atoms with E-state index < -0.39 is 5.92 Å². The minimum atomic E-state index is -0.632. The van der Waals surface area contributed by atoms with E-state index in [1.165, 1.54) is 0 Å². The van der Waals surface area contributed by atoms with Crippen molar-refractivity contribution in [1.29, 1.82) is 0 Å². The van der Waals surface area contributed by atoms with E-state index in [1.54, 1.807) is 29.3 Å². The number of amides is 2. The van der Waals surface area contributed by atoms with Gasteiger partial charge in [-0.05, 0) is 36.8 Å². The van der Waals surface area contributed by atoms with Gasteiger partial charge in [-0.1, -0.05) is 23.7 Å². The molecule has 1 aliphatic heterocycles. The van der Waals surface area contributed by atoms with E-state index in [1.807, 2.05) is 24.3 Å². The largest absolute Gasteiger partial charge is 0.355 e. The van der Waals surface area contributed by atoms with Crippen LogP contribution in [0.3, 0.4) is 0 Å². The van der Waals surface area contributed by atoms with Gasteiger partial charge in [0.25, 0.3) is 0 Å². The molecule has 5 nitrogen and oxygen atoms in total. The summed E-state index contributed by atoms with van der Waals surface area (Å²) in [7, 11) is 0. The molecule has 124 valence electrons. The second-order valence-corrected chi connectivity index (χ2v) is 6.11. The summed E-state index contributed by atoms with van der Waals surface area (Å²) in [6.07, 6.45) is 2.88. The van der Waals surface area contributed by atoms with E-state index in [-0.39, 0.29) is 11.8 Å². The Bertz CT molecular complexity index is 736. The second kappa shape index (κ2) is 7.45. The van der Waals surface area contributed by atoms with Crippen LogP contribution in [-0.4, -0.2) is 29.9 Å². The lowest BCUT2D eigenvalue weighted by Crippen LogP contribution is -2.37. The highest BCUT2D eigenvalue weighted by Gasteiger charge is 2.37. The molecular formula is C18H18ClN3O2. The van der Waals surface area contributed by atoms with Crippen LogP contribution in [0.5, 0.6) is 0 Å². The van der Waals surface area contributed by atoms with E-state index in [9.17, 15) is 9.59 Å². The first-order valence-corrected chi connectivity index (χ1v) is 8.27. The van der Waals surface area contributed by atoms with Crippen molar-refractivity contribution in [2.45, 2.75) is 12.8 Å². The van der Waals surface area contributed by atoms with Crippen molar-refractivity contribution < 1.29 is 9.59 Å². The maximum Gasteiger partial charge on any atom is 0.239 e. The van der Waals surface area contributed by atoms with Crippen molar-refractivity contribution in [2.24, 2.45) is 5.92 Å². The third-order valence-corrected chi connectivity index (χ3v) is 4.28. The minimum Gasteiger partial charge on any atom is -0.355 e. The van der Waals surface area contributed by atoms with Gasteiger partial charge in [0.2, 0.25) is 11.8 Å². The number of hydrogen-bond acceptors (Lipinski definition) is 3. The Hall–Kier alpha value is -2.40. The third-order valence-electron chi connectivity index (χ3n) is 4.05. The fourth-order valence-corrected chi connectivity index (χ4v) is 2.99. The predicted octanol–water partition coefficient (Wildman–Crippen LogP) is 2.45. The van der Waals surface area contributed by atoms with Gasteiger partial charge in [-0.25, -0.2) is 0 Å². The average Bonchev–Trinajstić information content (AvgIpc) is 2.97. The molecule has 0 radical (unpaired) electrons. The van der Waals surface area contributed by atoms with Crippen molar-refractivity contribution in [3.8, 4) is 0 Å². The zero-order chi connectivity index (χ0) is 16.9. The Morgan fingerprint density at radius 1 is 1.29 bits per heavy atom. The maximum absolute atomic E-state index is 12.5. The van der Waals surface area contributed by atoms with Gasteiger partial charge < -0.3 is 10.2 Å². The standard InChI is InChI=1S/C18H18ClN3O2/c19-13-4-3-6-15(12-13)22-11-8-16(18(22)24)17(23)21-10-7-14-5-1-2-9-20-14/h1-6,9,12,16H,7-8,10-11H2,(H,21,23). The van der Waals surface area contributed by atoms with Crippen LogP contribution in [0.4, 0.5) is 5.69 Å². The summed E-state index contributed by atoms with van der Waals surface area (Å²) in [5.74, 6) is -1.03. The highest BCUT2D eigenvalue weighted by molar-refractivity contribution is 6.31.